The largest absolute Gasteiger partial charge is 0.481 e. The number of anilines is 1. The summed E-state index contributed by atoms with van der Waals surface area (Å²) in [5.74, 6) is -0.914. The second kappa shape index (κ2) is 6.65. The highest BCUT2D eigenvalue weighted by Crippen LogP contribution is 2.34. The van der Waals surface area contributed by atoms with Gasteiger partial charge in [0.25, 0.3) is 0 Å². The minimum Gasteiger partial charge on any atom is -0.481 e. The van der Waals surface area contributed by atoms with E-state index in [1.165, 1.54) is 6.20 Å². The average molecular weight is 346 g/mol. The highest BCUT2D eigenvalue weighted by atomic mass is 79.9. The first-order valence-corrected chi connectivity index (χ1v) is 6.92. The van der Waals surface area contributed by atoms with E-state index < -0.39 is 16.3 Å². The first-order valence-electron chi connectivity index (χ1n) is 6.13. The van der Waals surface area contributed by atoms with E-state index in [4.69, 9.17) is 0 Å². The first-order chi connectivity index (χ1) is 9.38. The van der Waals surface area contributed by atoms with Crippen molar-refractivity contribution in [2.45, 2.75) is 26.7 Å². The number of rotatable bonds is 7. The van der Waals surface area contributed by atoms with Gasteiger partial charge >= 0.3 is 11.7 Å². The van der Waals surface area contributed by atoms with Crippen molar-refractivity contribution in [3.05, 3.63) is 27.0 Å². The van der Waals surface area contributed by atoms with Gasteiger partial charge in [-0.1, -0.05) is 13.8 Å². The van der Waals surface area contributed by atoms with Crippen LogP contribution in [0.15, 0.2) is 16.9 Å². The molecule has 8 heteroatoms. The van der Waals surface area contributed by atoms with E-state index in [1.54, 1.807) is 13.8 Å². The second-order valence-corrected chi connectivity index (χ2v) is 5.27. The van der Waals surface area contributed by atoms with Crippen LogP contribution >= 0.6 is 15.9 Å². The third kappa shape index (κ3) is 3.24. The lowest BCUT2D eigenvalue weighted by atomic mass is 9.82. The van der Waals surface area contributed by atoms with E-state index in [0.29, 0.717) is 17.3 Å². The zero-order valence-corrected chi connectivity index (χ0v) is 12.8. The van der Waals surface area contributed by atoms with Crippen molar-refractivity contribution in [2.24, 2.45) is 5.41 Å². The molecule has 0 unspecified atom stereocenters. The smallest absolute Gasteiger partial charge is 0.311 e. The molecule has 0 spiro atoms. The van der Waals surface area contributed by atoms with Gasteiger partial charge in [0.1, 0.15) is 11.9 Å². The predicted molar refractivity (Wildman–Crippen MR) is 77.7 cm³/mol. The van der Waals surface area contributed by atoms with Gasteiger partial charge in [-0.05, 0) is 28.8 Å². The van der Waals surface area contributed by atoms with Gasteiger partial charge in [-0.25, -0.2) is 0 Å². The molecule has 0 aromatic carbocycles. The molecule has 1 rings (SSSR count). The first kappa shape index (κ1) is 16.4. The molecule has 110 valence electrons. The highest BCUT2D eigenvalue weighted by molar-refractivity contribution is 9.10. The van der Waals surface area contributed by atoms with E-state index in [9.17, 15) is 20.0 Å². The summed E-state index contributed by atoms with van der Waals surface area (Å²) in [5.41, 5.74) is -0.889. The van der Waals surface area contributed by atoms with Crippen LogP contribution in [0.25, 0.3) is 0 Å². The highest BCUT2D eigenvalue weighted by Gasteiger charge is 2.35. The Morgan fingerprint density at radius 2 is 2.10 bits per heavy atom. The van der Waals surface area contributed by atoms with Crippen molar-refractivity contribution in [3.8, 4) is 0 Å². The van der Waals surface area contributed by atoms with Gasteiger partial charge in [0.15, 0.2) is 0 Å². The summed E-state index contributed by atoms with van der Waals surface area (Å²) < 4.78 is 0.429. The quantitative estimate of drug-likeness (QED) is 0.581. The number of aliphatic carboxylic acids is 1. The Hall–Kier alpha value is -1.70. The number of carboxylic acid groups (broad SMARTS) is 1. The molecule has 1 heterocycles. The molecule has 1 aromatic heterocycles. The van der Waals surface area contributed by atoms with Gasteiger partial charge in [-0.15, -0.1) is 0 Å². The molecule has 0 atom stereocenters. The lowest BCUT2D eigenvalue weighted by Crippen LogP contribution is -2.37. The van der Waals surface area contributed by atoms with Crippen LogP contribution in [0.5, 0.6) is 0 Å². The maximum absolute atomic E-state index is 11.4. The molecule has 0 aliphatic carbocycles. The summed E-state index contributed by atoms with van der Waals surface area (Å²) >= 11 is 3.19. The predicted octanol–water partition coefficient (Wildman–Crippen LogP) is 3.06. The summed E-state index contributed by atoms with van der Waals surface area (Å²) in [5, 5.41) is 23.2. The molecule has 0 aliphatic heterocycles. The Balaban J connectivity index is 3.05. The normalized spacial score (nSPS) is 11.2. The maximum Gasteiger partial charge on any atom is 0.311 e. The van der Waals surface area contributed by atoms with Crippen LogP contribution in [0, 0.1) is 15.5 Å². The molecule has 0 amide bonds. The van der Waals surface area contributed by atoms with Gasteiger partial charge < -0.3 is 10.4 Å². The van der Waals surface area contributed by atoms with Crippen molar-refractivity contribution in [3.63, 3.8) is 0 Å². The second-order valence-electron chi connectivity index (χ2n) is 4.42. The Labute approximate surface area is 124 Å². The average Bonchev–Trinajstić information content (AvgIpc) is 2.41. The van der Waals surface area contributed by atoms with Crippen molar-refractivity contribution < 1.29 is 14.8 Å². The topological polar surface area (TPSA) is 105 Å². The number of hydrogen-bond donors (Lipinski definition) is 2. The number of pyridine rings is 1. The van der Waals surface area contributed by atoms with Gasteiger partial charge in [0, 0.05) is 12.7 Å². The van der Waals surface area contributed by atoms with Crippen LogP contribution in [0.1, 0.15) is 26.7 Å². The third-order valence-corrected chi connectivity index (χ3v) is 4.09. The number of carbonyl (C=O) groups is 1. The maximum atomic E-state index is 11.4. The van der Waals surface area contributed by atoms with Gasteiger partial charge in [0.2, 0.25) is 0 Å². The summed E-state index contributed by atoms with van der Waals surface area (Å²) in [7, 11) is 0. The van der Waals surface area contributed by atoms with Gasteiger partial charge in [-0.2, -0.15) is 0 Å². The molecule has 20 heavy (non-hydrogen) atoms. The van der Waals surface area contributed by atoms with Crippen LogP contribution in [-0.4, -0.2) is 27.5 Å². The van der Waals surface area contributed by atoms with E-state index in [0.717, 1.165) is 6.20 Å². The van der Waals surface area contributed by atoms with Crippen LogP contribution in [0.2, 0.25) is 0 Å². The van der Waals surface area contributed by atoms with E-state index >= 15 is 0 Å². The molecule has 1 aromatic rings. The number of hydrogen-bond acceptors (Lipinski definition) is 5. The van der Waals surface area contributed by atoms with Gasteiger partial charge in [-0.3, -0.25) is 19.9 Å². The molecule has 2 N–H and O–H groups in total. The fraction of sp³-hybridized carbons (Fsp3) is 0.500. The molecule has 0 fully saturated rings. The van der Waals surface area contributed by atoms with E-state index in [1.807, 2.05) is 0 Å². The Morgan fingerprint density at radius 3 is 2.55 bits per heavy atom. The molecule has 0 radical (unpaired) electrons. The number of aromatic nitrogens is 1. The minimum atomic E-state index is -0.948. The molecule has 0 bridgehead atoms. The van der Waals surface area contributed by atoms with Crippen LogP contribution in [0.3, 0.4) is 0 Å². The lowest BCUT2D eigenvalue weighted by molar-refractivity contribution is -0.384. The monoisotopic (exact) mass is 345 g/mol. The van der Waals surface area contributed by atoms with Crippen molar-refractivity contribution in [1.82, 2.24) is 4.98 Å². The molecule has 7 nitrogen and oxygen atoms in total. The van der Waals surface area contributed by atoms with Crippen LogP contribution in [-0.2, 0) is 4.79 Å². The number of nitrogens with one attached hydrogen (secondary N) is 1. The molecular weight excluding hydrogens is 330 g/mol. The van der Waals surface area contributed by atoms with Gasteiger partial charge in [0.05, 0.1) is 14.8 Å². The Bertz CT molecular complexity index is 517. The molecular formula is C12H16BrN3O4. The Morgan fingerprint density at radius 1 is 1.50 bits per heavy atom. The zero-order valence-electron chi connectivity index (χ0n) is 11.2. The molecule has 0 saturated heterocycles. The number of nitro groups is 1. The summed E-state index contributed by atoms with van der Waals surface area (Å²) in [6.07, 6.45) is 3.42. The van der Waals surface area contributed by atoms with Crippen LogP contribution in [0.4, 0.5) is 11.4 Å². The van der Waals surface area contributed by atoms with E-state index in [2.05, 4.69) is 26.2 Å². The standard InChI is InChI=1S/C12H16BrN3O4/c1-3-12(4-2,11(17)18)7-15-10-8(13)5-14-6-9(10)16(19)20/h5-6H,3-4,7H2,1-2H3,(H,14,15)(H,17,18). The third-order valence-electron chi connectivity index (χ3n) is 3.49. The summed E-state index contributed by atoms with van der Waals surface area (Å²) in [6, 6.07) is 0. The Kier molecular flexibility index (Phi) is 5.43. The fourth-order valence-corrected chi connectivity index (χ4v) is 2.34. The lowest BCUT2D eigenvalue weighted by Gasteiger charge is -2.27. The van der Waals surface area contributed by atoms with E-state index in [-0.39, 0.29) is 17.9 Å². The summed E-state index contributed by atoms with van der Waals surface area (Å²) in [6.45, 7) is 3.68. The number of nitrogens with zero attached hydrogens (tertiary/aromatic N) is 2. The molecule has 0 aliphatic rings. The van der Waals surface area contributed by atoms with Crippen molar-refractivity contribution >= 4 is 33.3 Å². The fourth-order valence-electron chi connectivity index (χ4n) is 1.87. The number of halogens is 1. The molecule has 0 saturated carbocycles. The van der Waals surface area contributed by atoms with Crippen molar-refractivity contribution in [1.29, 1.82) is 0 Å². The van der Waals surface area contributed by atoms with Crippen LogP contribution < -0.4 is 5.32 Å². The minimum absolute atomic E-state index is 0.110. The number of carboxylic acids is 1. The zero-order chi connectivity index (χ0) is 15.3. The summed E-state index contributed by atoms with van der Waals surface area (Å²) in [4.78, 5) is 25.6. The van der Waals surface area contributed by atoms with Crippen molar-refractivity contribution in [2.75, 3.05) is 11.9 Å². The SMILES string of the molecule is CCC(CC)(CNc1c(Br)cncc1[N+](=O)[O-])C(=O)O.